The van der Waals surface area contributed by atoms with Gasteiger partial charge in [-0.3, -0.25) is 4.98 Å². The fourth-order valence-electron chi connectivity index (χ4n) is 3.27. The Hall–Kier alpha value is -4.48. The van der Waals surface area contributed by atoms with Crippen molar-refractivity contribution in [3.8, 4) is 17.3 Å². The summed E-state index contributed by atoms with van der Waals surface area (Å²) in [5.41, 5.74) is 3.18. The van der Waals surface area contributed by atoms with Gasteiger partial charge in [0.05, 0.1) is 17.8 Å². The quantitative estimate of drug-likeness (QED) is 0.361. The zero-order chi connectivity index (χ0) is 20.9. The van der Waals surface area contributed by atoms with Crippen molar-refractivity contribution in [2.45, 2.75) is 0 Å². The van der Waals surface area contributed by atoms with Crippen LogP contribution in [0.2, 0.25) is 0 Å². The molecular weight excluding hydrogens is 375 g/mol. The van der Waals surface area contributed by atoms with E-state index in [0.717, 1.165) is 17.1 Å². The SMILES string of the molecule is [C-]#[N+]c1c(-c2cc(N(c3ccccc3)c3ccccc3)ccn2)ccc(C#N)c1F. The van der Waals surface area contributed by atoms with Crippen LogP contribution in [0.1, 0.15) is 5.56 Å². The van der Waals surface area contributed by atoms with Gasteiger partial charge >= 0.3 is 0 Å². The molecule has 0 amide bonds. The van der Waals surface area contributed by atoms with Gasteiger partial charge in [-0.2, -0.15) is 5.26 Å². The maximum atomic E-state index is 14.5. The molecular formula is C25H15FN4. The predicted molar refractivity (Wildman–Crippen MR) is 115 cm³/mol. The van der Waals surface area contributed by atoms with E-state index in [1.807, 2.05) is 72.8 Å². The first-order valence-corrected chi connectivity index (χ1v) is 9.19. The maximum Gasteiger partial charge on any atom is 0.232 e. The van der Waals surface area contributed by atoms with Crippen LogP contribution in [0, 0.1) is 23.7 Å². The van der Waals surface area contributed by atoms with Crippen molar-refractivity contribution >= 4 is 22.7 Å². The van der Waals surface area contributed by atoms with E-state index in [0.29, 0.717) is 11.3 Å². The molecule has 142 valence electrons. The number of hydrogen-bond donors (Lipinski definition) is 0. The molecule has 1 heterocycles. The number of para-hydroxylation sites is 2. The summed E-state index contributed by atoms with van der Waals surface area (Å²) in [5.74, 6) is -0.819. The lowest BCUT2D eigenvalue weighted by Crippen LogP contribution is -2.10. The molecule has 1 aromatic heterocycles. The Kier molecular flexibility index (Phi) is 5.19. The molecule has 0 aliphatic heterocycles. The third kappa shape index (κ3) is 3.48. The van der Waals surface area contributed by atoms with E-state index in [9.17, 15) is 4.39 Å². The van der Waals surface area contributed by atoms with Gasteiger partial charge in [-0.05, 0) is 42.5 Å². The van der Waals surface area contributed by atoms with E-state index >= 15 is 0 Å². The average Bonchev–Trinajstić information content (AvgIpc) is 2.81. The van der Waals surface area contributed by atoms with Gasteiger partial charge in [0.15, 0.2) is 0 Å². The number of nitrogens with zero attached hydrogens (tertiary/aromatic N) is 4. The van der Waals surface area contributed by atoms with Gasteiger partial charge in [-0.25, -0.2) is 9.24 Å². The number of benzene rings is 3. The second kappa shape index (κ2) is 8.26. The second-order valence-corrected chi connectivity index (χ2v) is 6.45. The summed E-state index contributed by atoms with van der Waals surface area (Å²) < 4.78 is 14.5. The van der Waals surface area contributed by atoms with Crippen molar-refractivity contribution in [3.05, 3.63) is 114 Å². The van der Waals surface area contributed by atoms with Crippen LogP contribution < -0.4 is 4.90 Å². The molecule has 4 rings (SSSR count). The molecule has 0 unspecified atom stereocenters. The highest BCUT2D eigenvalue weighted by Gasteiger charge is 2.18. The third-order valence-electron chi connectivity index (χ3n) is 4.65. The summed E-state index contributed by atoms with van der Waals surface area (Å²) in [6.45, 7) is 7.39. The first-order valence-electron chi connectivity index (χ1n) is 9.19. The van der Waals surface area contributed by atoms with Gasteiger partial charge < -0.3 is 4.90 Å². The Bertz CT molecular complexity index is 1230. The summed E-state index contributed by atoms with van der Waals surface area (Å²) in [4.78, 5) is 9.74. The van der Waals surface area contributed by atoms with Gasteiger partial charge in [0.2, 0.25) is 5.69 Å². The lowest BCUT2D eigenvalue weighted by Gasteiger charge is -2.25. The molecule has 4 aromatic rings. The second-order valence-electron chi connectivity index (χ2n) is 6.45. The Morgan fingerprint density at radius 2 is 1.50 bits per heavy atom. The lowest BCUT2D eigenvalue weighted by molar-refractivity contribution is 0.630. The monoisotopic (exact) mass is 390 g/mol. The number of hydrogen-bond acceptors (Lipinski definition) is 3. The highest BCUT2D eigenvalue weighted by Crippen LogP contribution is 2.38. The normalized spacial score (nSPS) is 10.1. The molecule has 0 spiro atoms. The minimum atomic E-state index is -0.819. The fraction of sp³-hybridized carbons (Fsp3) is 0. The molecule has 30 heavy (non-hydrogen) atoms. The van der Waals surface area contributed by atoms with E-state index in [2.05, 4.69) is 14.7 Å². The molecule has 0 saturated carbocycles. The number of rotatable bonds is 4. The van der Waals surface area contributed by atoms with Crippen LogP contribution in [0.25, 0.3) is 16.1 Å². The summed E-state index contributed by atoms with van der Waals surface area (Å²) >= 11 is 0. The molecule has 3 aromatic carbocycles. The van der Waals surface area contributed by atoms with Crippen molar-refractivity contribution in [2.24, 2.45) is 0 Å². The van der Waals surface area contributed by atoms with Crippen LogP contribution in [-0.4, -0.2) is 4.98 Å². The molecule has 0 fully saturated rings. The summed E-state index contributed by atoms with van der Waals surface area (Å²) in [6.07, 6.45) is 1.63. The molecule has 5 heteroatoms. The number of halogens is 1. The number of pyridine rings is 1. The standard InChI is InChI=1S/C25H15FN4/c1-28-25-22(13-12-18(17-27)24(25)26)23-16-21(14-15-29-23)30(19-8-4-2-5-9-19)20-10-6-3-7-11-20/h2-16H. The van der Waals surface area contributed by atoms with E-state index < -0.39 is 5.82 Å². The smallest absolute Gasteiger partial charge is 0.232 e. The van der Waals surface area contributed by atoms with Gasteiger partial charge in [0.1, 0.15) is 11.9 Å². The molecule has 0 N–H and O–H groups in total. The van der Waals surface area contributed by atoms with Crippen LogP contribution in [0.3, 0.4) is 0 Å². The minimum Gasteiger partial charge on any atom is -0.310 e. The van der Waals surface area contributed by atoms with Crippen LogP contribution in [0.5, 0.6) is 0 Å². The molecule has 0 saturated heterocycles. The zero-order valence-corrected chi connectivity index (χ0v) is 15.8. The highest BCUT2D eigenvalue weighted by molar-refractivity contribution is 5.83. The van der Waals surface area contributed by atoms with E-state index in [4.69, 9.17) is 11.8 Å². The van der Waals surface area contributed by atoms with Crippen molar-refractivity contribution in [3.63, 3.8) is 0 Å². The maximum absolute atomic E-state index is 14.5. The molecule has 4 nitrogen and oxygen atoms in total. The van der Waals surface area contributed by atoms with Gasteiger partial charge in [-0.1, -0.05) is 42.5 Å². The Balaban J connectivity index is 1.88. The summed E-state index contributed by atoms with van der Waals surface area (Å²) in [7, 11) is 0. The first kappa shape index (κ1) is 18.9. The largest absolute Gasteiger partial charge is 0.310 e. The number of aromatic nitrogens is 1. The summed E-state index contributed by atoms with van der Waals surface area (Å²) in [6, 6.07) is 28.1. The van der Waals surface area contributed by atoms with Crippen LogP contribution >= 0.6 is 0 Å². The molecule has 0 bridgehead atoms. The van der Waals surface area contributed by atoms with E-state index in [1.54, 1.807) is 18.3 Å². The van der Waals surface area contributed by atoms with Crippen LogP contribution in [0.4, 0.5) is 27.1 Å². The number of nitriles is 1. The van der Waals surface area contributed by atoms with Gasteiger partial charge in [-0.15, -0.1) is 0 Å². The molecule has 0 aliphatic rings. The first-order chi connectivity index (χ1) is 14.7. The molecule has 0 radical (unpaired) electrons. The Morgan fingerprint density at radius 1 is 0.867 bits per heavy atom. The lowest BCUT2D eigenvalue weighted by atomic mass is 10.0. The zero-order valence-electron chi connectivity index (χ0n) is 15.8. The predicted octanol–water partition coefficient (Wildman–Crippen LogP) is 6.78. The minimum absolute atomic E-state index is 0.156. The molecule has 0 atom stereocenters. The van der Waals surface area contributed by atoms with Crippen molar-refractivity contribution in [1.82, 2.24) is 4.98 Å². The Morgan fingerprint density at radius 3 is 2.07 bits per heavy atom. The topological polar surface area (TPSA) is 44.3 Å². The van der Waals surface area contributed by atoms with Gasteiger partial charge in [0, 0.05) is 28.8 Å². The fourth-order valence-corrected chi connectivity index (χ4v) is 3.27. The summed E-state index contributed by atoms with van der Waals surface area (Å²) in [5, 5.41) is 9.05. The van der Waals surface area contributed by atoms with Crippen molar-refractivity contribution < 1.29 is 4.39 Å². The van der Waals surface area contributed by atoms with Crippen LogP contribution in [0.15, 0.2) is 91.1 Å². The van der Waals surface area contributed by atoms with Crippen molar-refractivity contribution in [2.75, 3.05) is 4.90 Å². The number of anilines is 3. The third-order valence-corrected chi connectivity index (χ3v) is 4.65. The highest BCUT2D eigenvalue weighted by atomic mass is 19.1. The van der Waals surface area contributed by atoms with E-state index in [-0.39, 0.29) is 11.3 Å². The van der Waals surface area contributed by atoms with Crippen LogP contribution in [-0.2, 0) is 0 Å². The Labute approximate surface area is 173 Å². The van der Waals surface area contributed by atoms with E-state index in [1.165, 1.54) is 6.07 Å². The molecule has 0 aliphatic carbocycles. The van der Waals surface area contributed by atoms with Crippen molar-refractivity contribution in [1.29, 1.82) is 5.26 Å². The average molecular weight is 390 g/mol. The van der Waals surface area contributed by atoms with Gasteiger partial charge in [0.25, 0.3) is 0 Å².